The van der Waals surface area contributed by atoms with Crippen molar-refractivity contribution in [1.82, 2.24) is 41.8 Å². The number of hydrogen-bond donors (Lipinski definition) is 8. The van der Waals surface area contributed by atoms with Gasteiger partial charge in [0.2, 0.25) is 28.8 Å². The van der Waals surface area contributed by atoms with Crippen molar-refractivity contribution in [2.45, 2.75) is 178 Å². The van der Waals surface area contributed by atoms with E-state index in [2.05, 4.69) is 92.9 Å². The van der Waals surface area contributed by atoms with Crippen LogP contribution in [0.1, 0.15) is 174 Å². The first kappa shape index (κ1) is 79.8. The molecule has 2 aliphatic rings. The first-order valence-electron chi connectivity index (χ1n) is 34.4. The number of aliphatic hydroxyl groups excluding tert-OH is 2. The number of hydrogen-bond acceptors (Lipinski definition) is 17. The quantitative estimate of drug-likeness (QED) is 0.00821. The van der Waals surface area contributed by atoms with E-state index in [0.717, 1.165) is 123 Å². The normalized spacial score (nSPS) is 16.9. The van der Waals surface area contributed by atoms with Crippen molar-refractivity contribution >= 4 is 47.2 Å². The van der Waals surface area contributed by atoms with Crippen molar-refractivity contribution in [3.8, 4) is 27.9 Å². The number of hydroxylamine groups is 2. The smallest absolute Gasteiger partial charge is 0.243 e. The molecular weight excluding hydrogens is 1340 g/mol. The van der Waals surface area contributed by atoms with Crippen molar-refractivity contribution in [1.29, 1.82) is 0 Å². The van der Waals surface area contributed by atoms with E-state index in [4.69, 9.17) is 29.4 Å². The zero-order chi connectivity index (χ0) is 70.4. The lowest BCUT2D eigenvalue weighted by molar-refractivity contribution is -0.245. The average Bonchev–Trinajstić information content (AvgIpc) is 0.984. The second kappa shape index (κ2) is 42.6. The fourth-order valence-corrected chi connectivity index (χ4v) is 13.7. The van der Waals surface area contributed by atoms with E-state index in [1.807, 2.05) is 140 Å². The van der Waals surface area contributed by atoms with Crippen LogP contribution in [0.15, 0.2) is 216 Å². The molecule has 9 aromatic rings. The molecule has 2 saturated heterocycles. The molecule has 0 saturated carbocycles. The molecule has 544 valence electrons. The maximum Gasteiger partial charge on any atom is 0.243 e. The van der Waals surface area contributed by atoms with Gasteiger partial charge >= 0.3 is 0 Å². The largest absolute Gasteiger partial charge is 0.392 e. The summed E-state index contributed by atoms with van der Waals surface area (Å²) in [5.41, 5.74) is 16.0. The summed E-state index contributed by atoms with van der Waals surface area (Å²) in [7, 11) is 0. The fraction of sp³-hybridized carbons (Fsp3) is 0.346. The van der Waals surface area contributed by atoms with E-state index >= 15 is 0 Å². The Hall–Kier alpha value is -8.91. The molecule has 0 unspecified atom stereocenters. The Bertz CT molecular complexity index is 4010. The van der Waals surface area contributed by atoms with Crippen LogP contribution in [0.3, 0.4) is 0 Å². The number of para-hydroxylation sites is 1. The van der Waals surface area contributed by atoms with Gasteiger partial charge in [-0.25, -0.2) is 11.0 Å². The molecule has 0 bridgehead atoms. The summed E-state index contributed by atoms with van der Waals surface area (Å²) < 4.78 is 27.9. The number of rotatable bonds is 33. The molecule has 4 amide bonds. The summed E-state index contributed by atoms with van der Waals surface area (Å²) in [5.74, 6) is 0.664. The molecule has 22 heteroatoms. The minimum Gasteiger partial charge on any atom is -0.392 e. The van der Waals surface area contributed by atoms with Gasteiger partial charge < -0.3 is 39.8 Å². The van der Waals surface area contributed by atoms with Crippen LogP contribution in [0.2, 0.25) is 0 Å². The number of aliphatic hydroxyl groups is 2. The van der Waals surface area contributed by atoms with E-state index in [0.29, 0.717) is 62.5 Å². The van der Waals surface area contributed by atoms with Crippen LogP contribution in [-0.4, -0.2) is 88.2 Å². The van der Waals surface area contributed by atoms with Gasteiger partial charge in [0.05, 0.1) is 43.3 Å². The lowest BCUT2D eigenvalue weighted by Gasteiger charge is -2.36. The third kappa shape index (κ3) is 25.2. The summed E-state index contributed by atoms with van der Waals surface area (Å²) in [6.45, 7) is 0.876. The Morgan fingerprint density at radius 1 is 0.427 bits per heavy atom. The molecule has 20 nitrogen and oxygen atoms in total. The molecule has 11 rings (SSSR count). The van der Waals surface area contributed by atoms with Gasteiger partial charge in [-0.1, -0.05) is 222 Å². The topological polar surface area (TPSA) is 278 Å². The van der Waals surface area contributed by atoms with Gasteiger partial charge in [-0.3, -0.25) is 29.6 Å². The highest BCUT2D eigenvalue weighted by molar-refractivity contribution is 7.99. The second-order valence-electron chi connectivity index (χ2n) is 24.9. The Labute approximate surface area is 612 Å². The first-order chi connectivity index (χ1) is 49.5. The molecule has 0 radical (unpaired) electrons. The number of ether oxygens (including phenoxy) is 4. The van der Waals surface area contributed by atoms with Gasteiger partial charge in [0.15, 0.2) is 12.6 Å². The molecule has 6 atom stereocenters. The lowest BCUT2D eigenvalue weighted by Crippen LogP contribution is -2.31. The number of amides is 4. The van der Waals surface area contributed by atoms with Gasteiger partial charge in [0, 0.05) is 79.1 Å². The summed E-state index contributed by atoms with van der Waals surface area (Å²) in [6, 6.07) is 68.7. The molecule has 0 aliphatic carbocycles. The number of aromatic nitrogens is 4. The highest BCUT2D eigenvalue weighted by Gasteiger charge is 2.34. The van der Waals surface area contributed by atoms with Crippen LogP contribution >= 0.6 is 23.5 Å². The van der Waals surface area contributed by atoms with Crippen molar-refractivity contribution in [2.75, 3.05) is 11.5 Å². The maximum absolute atomic E-state index is 12.4. The number of carbonyl (C=O) groups is 4. The molecule has 8 N–H and O–H groups in total. The van der Waals surface area contributed by atoms with Crippen LogP contribution in [0, 0.1) is 0 Å². The average molecular weight is 1440 g/mol. The lowest BCUT2D eigenvalue weighted by atomic mass is 9.99. The van der Waals surface area contributed by atoms with Crippen molar-refractivity contribution in [3.05, 3.63) is 251 Å². The minimum absolute atomic E-state index is 0. The predicted molar refractivity (Wildman–Crippen MR) is 400 cm³/mol. The van der Waals surface area contributed by atoms with Gasteiger partial charge in [0.1, 0.15) is 0 Å². The van der Waals surface area contributed by atoms with E-state index in [1.54, 1.807) is 27.4 Å². The molecule has 103 heavy (non-hydrogen) atoms. The van der Waals surface area contributed by atoms with Crippen LogP contribution in [-0.2, 0) is 64.4 Å². The number of thioether (sulfide) groups is 2. The van der Waals surface area contributed by atoms with Crippen molar-refractivity contribution in [3.63, 3.8) is 0 Å². The van der Waals surface area contributed by atoms with Crippen LogP contribution < -0.4 is 21.6 Å². The molecule has 3 heterocycles. The van der Waals surface area contributed by atoms with Crippen LogP contribution in [0.25, 0.3) is 27.9 Å². The van der Waals surface area contributed by atoms with Crippen LogP contribution in [0.5, 0.6) is 0 Å². The molecule has 2 aliphatic heterocycles. The monoisotopic (exact) mass is 1440 g/mol. The highest BCUT2D eigenvalue weighted by atomic mass is 32.2. The first-order valence-corrected chi connectivity index (χ1v) is 36.4. The molecule has 8 aromatic carbocycles. The van der Waals surface area contributed by atoms with E-state index in [1.165, 1.54) is 16.7 Å². The Morgan fingerprint density at radius 3 is 1.26 bits per heavy atom. The summed E-state index contributed by atoms with van der Waals surface area (Å²) in [4.78, 5) is 48.2. The number of carbonyl (C=O) groups excluding carboxylic acids is 4. The van der Waals surface area contributed by atoms with Gasteiger partial charge in [-0.05, 0) is 128 Å². The van der Waals surface area contributed by atoms with E-state index in [9.17, 15) is 29.4 Å². The highest BCUT2D eigenvalue weighted by Crippen LogP contribution is 2.42. The maximum atomic E-state index is 12.4. The summed E-state index contributed by atoms with van der Waals surface area (Å²) in [5, 5.41) is 55.2. The van der Waals surface area contributed by atoms with E-state index in [-0.39, 0.29) is 82.5 Å². The Morgan fingerprint density at radius 2 is 0.835 bits per heavy atom. The van der Waals surface area contributed by atoms with Crippen molar-refractivity contribution in [2.24, 2.45) is 0 Å². The summed E-state index contributed by atoms with van der Waals surface area (Å²) >= 11 is 3.32. The molecule has 2 fully saturated rings. The van der Waals surface area contributed by atoms with Gasteiger partial charge in [0.25, 0.3) is 0 Å². The predicted octanol–water partition coefficient (Wildman–Crippen LogP) is 15.5. The standard InChI is InChI=1S/C40H44N6O6S.C39H44N2O6S.2CH4/c47-26-28-15-17-31(18-16-28)36-24-35(27-53-40-42-44-45-46(40)34-11-4-3-5-12-34)51-39(52-36)32-21-19-30(20-22-32)33-10-8-9-29(23-33)25-41-37(48)13-6-1-2-7-14-38(49)43-50;42-26-28-15-17-31(18-16-28)36-24-34(27-48-35-11-4-3-5-12-35)46-39(47-36)32-21-19-30(20-22-32)33-10-8-9-29(23-33)25-40-37(43)13-6-1-2-7-14-38(44)41-45;;/h3-5,8-12,15-23,35-36,39,47,50H,1-2,6-7,13-14,24-27H2,(H,41,48)(H,43,49);3-5,8-12,15-23,34,36,39,42,45H,1-2,6-7,13-14,24-27H2,(H,40,43)(H,41,44);2*1H4/t35-,36+,39+;34-,36+,39+;;/m10../s1. The third-order valence-electron chi connectivity index (χ3n) is 17.5. The van der Waals surface area contributed by atoms with Gasteiger partial charge in [-0.15, -0.1) is 16.9 Å². The molecule has 1 aromatic heterocycles. The molecular formula is C81H96N8O12S2. The fourth-order valence-electron chi connectivity index (χ4n) is 11.8. The van der Waals surface area contributed by atoms with Crippen molar-refractivity contribution < 1.29 is 58.8 Å². The SMILES string of the molecule is C.C.O=C(CCCCCCC(=O)NCc1cccc(-c2ccc([C@@H]3O[C@H](CSc4ccccc4)C[C@H](c4ccc(CO)cc4)O3)cc2)c1)NO.O=C(CCCCCCC(=O)NCc1cccc(-c2ccc([C@H]3O[C@@H](CSc4nnnn4-c4ccccc4)C[C@@H](c4ccc(CO)cc4)O3)cc2)c1)NO. The zero-order valence-electron chi connectivity index (χ0n) is 56.4. The number of nitrogens with one attached hydrogen (secondary N) is 4. The number of benzene rings is 8. The minimum atomic E-state index is -0.599. The summed E-state index contributed by atoms with van der Waals surface area (Å²) in [6.07, 6.45) is 7.46. The van der Waals surface area contributed by atoms with Crippen LogP contribution in [0.4, 0.5) is 0 Å². The number of nitrogens with zero attached hydrogens (tertiary/aromatic N) is 4. The number of tetrazole rings is 1. The number of unbranched alkanes of at least 4 members (excludes halogenated alkanes) is 6. The van der Waals surface area contributed by atoms with Gasteiger partial charge in [-0.2, -0.15) is 4.68 Å². The molecule has 0 spiro atoms. The Kier molecular flexibility index (Phi) is 33.0. The Balaban J connectivity index is 0.000000257. The zero-order valence-corrected chi connectivity index (χ0v) is 58.0. The third-order valence-corrected chi connectivity index (χ3v) is 19.7. The second-order valence-corrected chi connectivity index (χ2v) is 27.0. The van der Waals surface area contributed by atoms with E-state index < -0.39 is 12.6 Å².